The second kappa shape index (κ2) is 7.49. The van der Waals surface area contributed by atoms with Crippen molar-refractivity contribution in [3.8, 4) is 23.0 Å². The number of methoxy groups -OCH3 is 1. The summed E-state index contributed by atoms with van der Waals surface area (Å²) in [5.41, 5.74) is 2.16. The molecule has 0 saturated carbocycles. The third-order valence-corrected chi connectivity index (χ3v) is 4.89. The first-order chi connectivity index (χ1) is 12.8. The standard InChI is InChI=1S/C20H17N3O2S/c1-24-17-10-5-7-15(13-17)14-26-20-22-21-19(18-11-6-12-25-18)23(20)16-8-3-2-4-9-16/h2-13H,14H2,1H3. The highest BCUT2D eigenvalue weighted by Gasteiger charge is 2.17. The van der Waals surface area contributed by atoms with Crippen LogP contribution in [0.4, 0.5) is 0 Å². The topological polar surface area (TPSA) is 53.1 Å². The summed E-state index contributed by atoms with van der Waals surface area (Å²) in [5, 5.41) is 9.56. The summed E-state index contributed by atoms with van der Waals surface area (Å²) >= 11 is 1.62. The lowest BCUT2D eigenvalue weighted by Crippen LogP contribution is -1.99. The van der Waals surface area contributed by atoms with E-state index < -0.39 is 0 Å². The van der Waals surface area contributed by atoms with Crippen molar-refractivity contribution in [2.75, 3.05) is 7.11 Å². The molecule has 0 unspecified atom stereocenters. The van der Waals surface area contributed by atoms with Gasteiger partial charge in [-0.25, -0.2) is 0 Å². The van der Waals surface area contributed by atoms with Crippen LogP contribution < -0.4 is 4.74 Å². The fourth-order valence-electron chi connectivity index (χ4n) is 2.65. The van der Waals surface area contributed by atoms with E-state index in [1.54, 1.807) is 25.1 Å². The molecule has 26 heavy (non-hydrogen) atoms. The summed E-state index contributed by atoms with van der Waals surface area (Å²) in [7, 11) is 1.67. The first-order valence-electron chi connectivity index (χ1n) is 8.15. The number of hydrogen-bond donors (Lipinski definition) is 0. The van der Waals surface area contributed by atoms with Crippen molar-refractivity contribution in [1.29, 1.82) is 0 Å². The Hall–Kier alpha value is -2.99. The molecule has 2 aromatic carbocycles. The first kappa shape index (κ1) is 16.5. The van der Waals surface area contributed by atoms with Gasteiger partial charge in [0.25, 0.3) is 0 Å². The number of rotatable bonds is 6. The zero-order valence-corrected chi connectivity index (χ0v) is 15.0. The van der Waals surface area contributed by atoms with Gasteiger partial charge in [-0.05, 0) is 42.0 Å². The highest BCUT2D eigenvalue weighted by Crippen LogP contribution is 2.30. The first-order valence-corrected chi connectivity index (χ1v) is 9.14. The molecule has 2 aromatic heterocycles. The minimum absolute atomic E-state index is 0.689. The van der Waals surface area contributed by atoms with Gasteiger partial charge in [0.05, 0.1) is 13.4 Å². The van der Waals surface area contributed by atoms with E-state index in [9.17, 15) is 0 Å². The van der Waals surface area contributed by atoms with Crippen LogP contribution in [0, 0.1) is 0 Å². The van der Waals surface area contributed by atoms with E-state index in [0.717, 1.165) is 27.9 Å². The lowest BCUT2D eigenvalue weighted by Gasteiger charge is -2.09. The number of para-hydroxylation sites is 1. The van der Waals surface area contributed by atoms with Gasteiger partial charge in [-0.15, -0.1) is 10.2 Å². The predicted octanol–water partition coefficient (Wildman–Crippen LogP) is 4.83. The minimum atomic E-state index is 0.689. The molecular formula is C20H17N3O2S. The van der Waals surface area contributed by atoms with Crippen LogP contribution in [0.25, 0.3) is 17.3 Å². The lowest BCUT2D eigenvalue weighted by molar-refractivity contribution is 0.414. The Morgan fingerprint density at radius 3 is 2.65 bits per heavy atom. The summed E-state index contributed by atoms with van der Waals surface area (Å²) in [5.74, 6) is 2.99. The SMILES string of the molecule is COc1cccc(CSc2nnc(-c3ccco3)n2-c2ccccc2)c1. The van der Waals surface area contributed by atoms with Crippen molar-refractivity contribution in [3.63, 3.8) is 0 Å². The average molecular weight is 363 g/mol. The van der Waals surface area contributed by atoms with Crippen LogP contribution in [0.2, 0.25) is 0 Å². The van der Waals surface area contributed by atoms with Crippen LogP contribution in [-0.4, -0.2) is 21.9 Å². The van der Waals surface area contributed by atoms with E-state index in [4.69, 9.17) is 9.15 Å². The molecule has 0 aliphatic rings. The van der Waals surface area contributed by atoms with Gasteiger partial charge in [0.15, 0.2) is 10.9 Å². The number of aromatic nitrogens is 3. The van der Waals surface area contributed by atoms with Gasteiger partial charge in [-0.1, -0.05) is 42.1 Å². The molecule has 0 aliphatic heterocycles. The number of furan rings is 1. The zero-order valence-electron chi connectivity index (χ0n) is 14.2. The molecule has 6 heteroatoms. The van der Waals surface area contributed by atoms with Crippen molar-refractivity contribution < 1.29 is 9.15 Å². The fourth-order valence-corrected chi connectivity index (χ4v) is 3.54. The summed E-state index contributed by atoms with van der Waals surface area (Å²) in [4.78, 5) is 0. The molecule has 0 atom stereocenters. The van der Waals surface area contributed by atoms with Crippen molar-refractivity contribution in [1.82, 2.24) is 14.8 Å². The van der Waals surface area contributed by atoms with Crippen molar-refractivity contribution in [3.05, 3.63) is 78.6 Å². The van der Waals surface area contributed by atoms with Crippen molar-refractivity contribution in [2.45, 2.75) is 10.9 Å². The van der Waals surface area contributed by atoms with Crippen molar-refractivity contribution in [2.24, 2.45) is 0 Å². The van der Waals surface area contributed by atoms with Crippen LogP contribution in [0.5, 0.6) is 5.75 Å². The Kier molecular flexibility index (Phi) is 4.75. The third kappa shape index (κ3) is 3.36. The Bertz CT molecular complexity index is 981. The number of ether oxygens (including phenoxy) is 1. The van der Waals surface area contributed by atoms with Gasteiger partial charge in [0.2, 0.25) is 5.82 Å². The molecule has 0 amide bonds. The molecule has 0 fully saturated rings. The van der Waals surface area contributed by atoms with E-state index in [2.05, 4.69) is 16.3 Å². The van der Waals surface area contributed by atoms with Crippen LogP contribution in [-0.2, 0) is 5.75 Å². The van der Waals surface area contributed by atoms with Crippen LogP contribution >= 0.6 is 11.8 Å². The quantitative estimate of drug-likeness (QED) is 0.459. The molecule has 0 bridgehead atoms. The Labute approximate surface area is 155 Å². The molecule has 5 nitrogen and oxygen atoms in total. The lowest BCUT2D eigenvalue weighted by atomic mass is 10.2. The Balaban J connectivity index is 1.68. The van der Waals surface area contributed by atoms with Crippen LogP contribution in [0.3, 0.4) is 0 Å². The second-order valence-electron chi connectivity index (χ2n) is 5.59. The maximum Gasteiger partial charge on any atom is 0.205 e. The Morgan fingerprint density at radius 1 is 1.00 bits per heavy atom. The summed E-state index contributed by atoms with van der Waals surface area (Å²) in [6.45, 7) is 0. The second-order valence-corrected chi connectivity index (χ2v) is 6.54. The van der Waals surface area contributed by atoms with E-state index in [-0.39, 0.29) is 0 Å². The molecule has 0 saturated heterocycles. The molecule has 130 valence electrons. The molecule has 4 rings (SSSR count). The third-order valence-electron chi connectivity index (χ3n) is 3.89. The number of thioether (sulfide) groups is 1. The number of hydrogen-bond acceptors (Lipinski definition) is 5. The van der Waals surface area contributed by atoms with E-state index >= 15 is 0 Å². The molecule has 2 heterocycles. The highest BCUT2D eigenvalue weighted by atomic mass is 32.2. The van der Waals surface area contributed by atoms with Gasteiger partial charge in [0, 0.05) is 11.4 Å². The zero-order chi connectivity index (χ0) is 17.8. The largest absolute Gasteiger partial charge is 0.497 e. The average Bonchev–Trinajstić information content (AvgIpc) is 3.36. The van der Waals surface area contributed by atoms with E-state index in [1.807, 2.05) is 65.2 Å². The fraction of sp³-hybridized carbons (Fsp3) is 0.100. The van der Waals surface area contributed by atoms with Crippen LogP contribution in [0.1, 0.15) is 5.56 Å². The highest BCUT2D eigenvalue weighted by molar-refractivity contribution is 7.98. The summed E-state index contributed by atoms with van der Waals surface area (Å²) < 4.78 is 12.9. The minimum Gasteiger partial charge on any atom is -0.497 e. The molecule has 4 aromatic rings. The van der Waals surface area contributed by atoms with E-state index in [1.165, 1.54) is 0 Å². The van der Waals surface area contributed by atoms with Gasteiger partial charge in [-0.2, -0.15) is 0 Å². The summed E-state index contributed by atoms with van der Waals surface area (Å²) in [6.07, 6.45) is 1.64. The maximum absolute atomic E-state index is 5.54. The number of nitrogens with zero attached hydrogens (tertiary/aromatic N) is 3. The Morgan fingerprint density at radius 2 is 1.88 bits per heavy atom. The van der Waals surface area contributed by atoms with E-state index in [0.29, 0.717) is 11.6 Å². The molecule has 0 spiro atoms. The van der Waals surface area contributed by atoms with Gasteiger partial charge in [0.1, 0.15) is 5.75 Å². The molecule has 0 radical (unpaired) electrons. The molecule has 0 aliphatic carbocycles. The van der Waals surface area contributed by atoms with Crippen molar-refractivity contribution >= 4 is 11.8 Å². The smallest absolute Gasteiger partial charge is 0.205 e. The van der Waals surface area contributed by atoms with Gasteiger partial charge in [-0.3, -0.25) is 4.57 Å². The molecule has 0 N–H and O–H groups in total. The maximum atomic E-state index is 5.54. The van der Waals surface area contributed by atoms with Crippen LogP contribution in [0.15, 0.2) is 82.6 Å². The molecular weight excluding hydrogens is 346 g/mol. The van der Waals surface area contributed by atoms with Gasteiger partial charge < -0.3 is 9.15 Å². The monoisotopic (exact) mass is 363 g/mol. The summed E-state index contributed by atoms with van der Waals surface area (Å²) in [6, 6.07) is 21.8. The predicted molar refractivity (Wildman–Crippen MR) is 102 cm³/mol. The normalized spacial score (nSPS) is 10.8. The number of benzene rings is 2. The van der Waals surface area contributed by atoms with Gasteiger partial charge >= 0.3 is 0 Å².